The summed E-state index contributed by atoms with van der Waals surface area (Å²) in [4.78, 5) is 13.0. The van der Waals surface area contributed by atoms with Crippen LogP contribution in [0.3, 0.4) is 0 Å². The van der Waals surface area contributed by atoms with E-state index in [0.29, 0.717) is 11.1 Å². The van der Waals surface area contributed by atoms with Gasteiger partial charge in [0.25, 0.3) is 0 Å². The fraction of sp³-hybridized carbons (Fsp3) is 0.318. The van der Waals surface area contributed by atoms with Gasteiger partial charge in [-0.1, -0.05) is 60.6 Å². The molecule has 1 aromatic heterocycles. The zero-order chi connectivity index (χ0) is 20.2. The molecule has 1 aliphatic rings. The Hall–Kier alpha value is -2.31. The van der Waals surface area contributed by atoms with Crippen LogP contribution in [0.4, 0.5) is 0 Å². The van der Waals surface area contributed by atoms with Crippen LogP contribution >= 0.6 is 23.4 Å². The molecule has 150 valence electrons. The van der Waals surface area contributed by atoms with E-state index in [0.717, 1.165) is 47.9 Å². The number of nitrogens with zero attached hydrogens (tertiary/aromatic N) is 3. The van der Waals surface area contributed by atoms with Crippen LogP contribution in [-0.2, 0) is 11.3 Å². The molecule has 2 aromatic carbocycles. The smallest absolute Gasteiger partial charge is 0.238 e. The van der Waals surface area contributed by atoms with E-state index in [1.165, 1.54) is 11.8 Å². The first-order chi connectivity index (χ1) is 14.2. The summed E-state index contributed by atoms with van der Waals surface area (Å²) in [6.07, 6.45) is 3.06. The number of hydrogen-bond acceptors (Lipinski definition) is 4. The van der Waals surface area contributed by atoms with Crippen molar-refractivity contribution in [1.29, 1.82) is 0 Å². The molecule has 5 nitrogen and oxygen atoms in total. The number of amides is 1. The molecule has 0 saturated heterocycles. The SMILES string of the molecule is CCCn1c(S[C@@H](C(=O)NC2CC2)c2ccccc2)nnc1-c1ccc(Cl)cc1. The Kier molecular flexibility index (Phi) is 6.21. The van der Waals surface area contributed by atoms with Gasteiger partial charge in [-0.3, -0.25) is 4.79 Å². The van der Waals surface area contributed by atoms with Gasteiger partial charge in [0.05, 0.1) is 0 Å². The number of aromatic nitrogens is 3. The molecule has 0 aliphatic heterocycles. The molecule has 0 bridgehead atoms. The second kappa shape index (κ2) is 9.01. The molecule has 0 spiro atoms. The van der Waals surface area contributed by atoms with Crippen LogP contribution in [0.2, 0.25) is 5.02 Å². The maximum Gasteiger partial charge on any atom is 0.238 e. The number of carbonyl (C=O) groups excluding carboxylic acids is 1. The van der Waals surface area contributed by atoms with Crippen molar-refractivity contribution in [2.24, 2.45) is 0 Å². The minimum atomic E-state index is -0.366. The van der Waals surface area contributed by atoms with Crippen molar-refractivity contribution in [3.05, 3.63) is 65.2 Å². The molecule has 0 unspecified atom stereocenters. The molecular formula is C22H23ClN4OS. The summed E-state index contributed by atoms with van der Waals surface area (Å²) in [5.41, 5.74) is 1.93. The lowest BCUT2D eigenvalue weighted by Crippen LogP contribution is -2.30. The van der Waals surface area contributed by atoms with Gasteiger partial charge in [-0.15, -0.1) is 10.2 Å². The molecule has 1 amide bonds. The van der Waals surface area contributed by atoms with E-state index in [2.05, 4.69) is 27.0 Å². The minimum absolute atomic E-state index is 0.0304. The van der Waals surface area contributed by atoms with Crippen molar-refractivity contribution in [1.82, 2.24) is 20.1 Å². The zero-order valence-corrected chi connectivity index (χ0v) is 17.8. The number of benzene rings is 2. The first-order valence-corrected chi connectivity index (χ1v) is 11.1. The van der Waals surface area contributed by atoms with Gasteiger partial charge in [-0.05, 0) is 49.1 Å². The van der Waals surface area contributed by atoms with Gasteiger partial charge in [-0.2, -0.15) is 0 Å². The van der Waals surface area contributed by atoms with Crippen molar-refractivity contribution < 1.29 is 4.79 Å². The lowest BCUT2D eigenvalue weighted by Gasteiger charge is -2.17. The van der Waals surface area contributed by atoms with Crippen LogP contribution in [0, 0.1) is 0 Å². The Labute approximate surface area is 179 Å². The summed E-state index contributed by atoms with van der Waals surface area (Å²) >= 11 is 7.49. The second-order valence-electron chi connectivity index (χ2n) is 7.16. The Morgan fingerprint density at radius 3 is 2.55 bits per heavy atom. The standard InChI is InChI=1S/C22H23ClN4OS/c1-2-14-27-20(16-8-10-17(23)11-9-16)25-26-22(27)29-19(15-6-4-3-5-7-15)21(28)24-18-12-13-18/h3-11,18-19H,2,12-14H2,1H3,(H,24,28)/t19-/m1/s1. The van der Waals surface area contributed by atoms with Crippen LogP contribution in [0.5, 0.6) is 0 Å². The molecule has 3 aromatic rings. The highest BCUT2D eigenvalue weighted by atomic mass is 35.5. The fourth-order valence-corrected chi connectivity index (χ4v) is 4.32. The maximum absolute atomic E-state index is 13.0. The van der Waals surface area contributed by atoms with Gasteiger partial charge in [-0.25, -0.2) is 0 Å². The topological polar surface area (TPSA) is 59.8 Å². The van der Waals surface area contributed by atoms with Crippen molar-refractivity contribution in [2.45, 2.75) is 49.2 Å². The number of nitrogens with one attached hydrogen (secondary N) is 1. The summed E-state index contributed by atoms with van der Waals surface area (Å²) in [6, 6.07) is 17.8. The quantitative estimate of drug-likeness (QED) is 0.508. The summed E-state index contributed by atoms with van der Waals surface area (Å²) < 4.78 is 2.09. The van der Waals surface area contributed by atoms with E-state index in [-0.39, 0.29) is 11.2 Å². The van der Waals surface area contributed by atoms with Crippen molar-refractivity contribution in [3.8, 4) is 11.4 Å². The lowest BCUT2D eigenvalue weighted by atomic mass is 10.1. The number of halogens is 1. The average molecular weight is 427 g/mol. The van der Waals surface area contributed by atoms with E-state index in [1.807, 2.05) is 54.6 Å². The first-order valence-electron chi connectivity index (χ1n) is 9.87. The van der Waals surface area contributed by atoms with E-state index >= 15 is 0 Å². The van der Waals surface area contributed by atoms with E-state index in [9.17, 15) is 4.79 Å². The number of rotatable bonds is 8. The van der Waals surface area contributed by atoms with Crippen molar-refractivity contribution in [3.63, 3.8) is 0 Å². The van der Waals surface area contributed by atoms with Gasteiger partial charge in [0.15, 0.2) is 11.0 Å². The highest BCUT2D eigenvalue weighted by Crippen LogP contribution is 2.37. The number of carbonyl (C=O) groups is 1. The van der Waals surface area contributed by atoms with Crippen molar-refractivity contribution in [2.75, 3.05) is 0 Å². The lowest BCUT2D eigenvalue weighted by molar-refractivity contribution is -0.120. The highest BCUT2D eigenvalue weighted by Gasteiger charge is 2.30. The normalized spacial score (nSPS) is 14.6. The Balaban J connectivity index is 1.66. The summed E-state index contributed by atoms with van der Waals surface area (Å²) in [7, 11) is 0. The van der Waals surface area contributed by atoms with Crippen LogP contribution in [0.25, 0.3) is 11.4 Å². The molecule has 1 saturated carbocycles. The van der Waals surface area contributed by atoms with Gasteiger partial charge < -0.3 is 9.88 Å². The van der Waals surface area contributed by atoms with Gasteiger partial charge in [0.2, 0.25) is 5.91 Å². The predicted molar refractivity (Wildman–Crippen MR) is 117 cm³/mol. The Morgan fingerprint density at radius 1 is 1.17 bits per heavy atom. The van der Waals surface area contributed by atoms with E-state index in [1.54, 1.807) is 0 Å². The first kappa shape index (κ1) is 20.0. The maximum atomic E-state index is 13.0. The third-order valence-electron chi connectivity index (χ3n) is 4.75. The molecule has 0 radical (unpaired) electrons. The van der Waals surface area contributed by atoms with Crippen LogP contribution in [0.15, 0.2) is 59.8 Å². The largest absolute Gasteiger partial charge is 0.352 e. The third kappa shape index (κ3) is 4.82. The van der Waals surface area contributed by atoms with E-state index < -0.39 is 0 Å². The Morgan fingerprint density at radius 2 is 1.90 bits per heavy atom. The van der Waals surface area contributed by atoms with Crippen LogP contribution in [0.1, 0.15) is 37.0 Å². The molecule has 4 rings (SSSR count). The molecule has 7 heteroatoms. The van der Waals surface area contributed by atoms with Gasteiger partial charge in [0, 0.05) is 23.2 Å². The van der Waals surface area contributed by atoms with E-state index in [4.69, 9.17) is 11.6 Å². The van der Waals surface area contributed by atoms with Gasteiger partial charge >= 0.3 is 0 Å². The summed E-state index contributed by atoms with van der Waals surface area (Å²) in [5.74, 6) is 0.822. The molecule has 1 N–H and O–H groups in total. The second-order valence-corrected chi connectivity index (χ2v) is 8.66. The van der Waals surface area contributed by atoms with Crippen LogP contribution < -0.4 is 5.32 Å². The number of hydrogen-bond donors (Lipinski definition) is 1. The molecule has 1 fully saturated rings. The van der Waals surface area contributed by atoms with Gasteiger partial charge in [0.1, 0.15) is 5.25 Å². The van der Waals surface area contributed by atoms with Crippen LogP contribution in [-0.4, -0.2) is 26.7 Å². The molecule has 1 heterocycles. The molecule has 1 aliphatic carbocycles. The third-order valence-corrected chi connectivity index (χ3v) is 6.24. The fourth-order valence-electron chi connectivity index (χ4n) is 3.12. The highest BCUT2D eigenvalue weighted by molar-refractivity contribution is 8.00. The monoisotopic (exact) mass is 426 g/mol. The number of thioether (sulfide) groups is 1. The summed E-state index contributed by atoms with van der Waals surface area (Å²) in [5, 5.41) is 13.1. The summed E-state index contributed by atoms with van der Waals surface area (Å²) in [6.45, 7) is 2.90. The van der Waals surface area contributed by atoms with Crippen molar-refractivity contribution >= 4 is 29.3 Å². The Bertz CT molecular complexity index is 970. The zero-order valence-electron chi connectivity index (χ0n) is 16.2. The molecule has 1 atom stereocenters. The minimum Gasteiger partial charge on any atom is -0.352 e. The molecular weight excluding hydrogens is 404 g/mol. The average Bonchev–Trinajstić information content (AvgIpc) is 3.47. The predicted octanol–water partition coefficient (Wildman–Crippen LogP) is 5.12. The molecule has 29 heavy (non-hydrogen) atoms.